The van der Waals surface area contributed by atoms with Crippen LogP contribution in [0.5, 0.6) is 5.75 Å². The Hall–Kier alpha value is -1.80. The van der Waals surface area contributed by atoms with E-state index in [4.69, 9.17) is 0 Å². The minimum Gasteiger partial charge on any atom is -0.508 e. The van der Waals surface area contributed by atoms with Crippen molar-refractivity contribution in [1.29, 1.82) is 0 Å². The average molecular weight is 297 g/mol. The van der Waals surface area contributed by atoms with Crippen molar-refractivity contribution >= 4 is 16.1 Å². The second kappa shape index (κ2) is 4.64. The van der Waals surface area contributed by atoms with Gasteiger partial charge in [0.2, 0.25) is 10.0 Å². The lowest BCUT2D eigenvalue weighted by Crippen LogP contribution is -2.53. The van der Waals surface area contributed by atoms with Crippen LogP contribution in [0.15, 0.2) is 29.2 Å². The molecule has 2 aliphatic heterocycles. The third-order valence-corrected chi connectivity index (χ3v) is 5.55. The van der Waals surface area contributed by atoms with Gasteiger partial charge < -0.3 is 15.3 Å². The average Bonchev–Trinajstić information content (AvgIpc) is 2.80. The third kappa shape index (κ3) is 2.10. The molecule has 2 saturated heterocycles. The number of amides is 2. The number of carbonyl (C=O) groups is 1. The van der Waals surface area contributed by atoms with E-state index in [1.165, 1.54) is 28.6 Å². The van der Waals surface area contributed by atoms with Gasteiger partial charge in [-0.2, -0.15) is 4.31 Å². The molecular weight excluding hydrogens is 282 g/mol. The van der Waals surface area contributed by atoms with Gasteiger partial charge in [0, 0.05) is 26.2 Å². The van der Waals surface area contributed by atoms with Crippen molar-refractivity contribution in [3.8, 4) is 5.75 Å². The summed E-state index contributed by atoms with van der Waals surface area (Å²) in [7, 11) is -3.58. The number of sulfonamides is 1. The Balaban J connectivity index is 1.82. The van der Waals surface area contributed by atoms with Crippen LogP contribution < -0.4 is 5.32 Å². The van der Waals surface area contributed by atoms with Crippen LogP contribution in [0.2, 0.25) is 0 Å². The maximum atomic E-state index is 12.5. The van der Waals surface area contributed by atoms with Crippen molar-refractivity contribution in [2.24, 2.45) is 0 Å². The van der Waals surface area contributed by atoms with Crippen molar-refractivity contribution in [2.75, 3.05) is 26.2 Å². The quantitative estimate of drug-likeness (QED) is 0.790. The summed E-state index contributed by atoms with van der Waals surface area (Å²) in [6.45, 7) is 1.45. The Kier molecular flexibility index (Phi) is 3.06. The van der Waals surface area contributed by atoms with E-state index in [0.29, 0.717) is 19.6 Å². The summed E-state index contributed by atoms with van der Waals surface area (Å²) in [4.78, 5) is 13.3. The number of fused-ring (bicyclic) bond motifs is 1. The van der Waals surface area contributed by atoms with Crippen LogP contribution in [0.3, 0.4) is 0 Å². The SMILES string of the molecule is O=C1NCC2CN(S(=O)(=O)c3ccc(O)cc3)CCN12. The van der Waals surface area contributed by atoms with Gasteiger partial charge in [-0.3, -0.25) is 0 Å². The second-order valence-electron chi connectivity index (χ2n) is 4.89. The first kappa shape index (κ1) is 13.2. The molecule has 7 nitrogen and oxygen atoms in total. The highest BCUT2D eigenvalue weighted by Gasteiger charge is 2.39. The van der Waals surface area contributed by atoms with Gasteiger partial charge in [-0.05, 0) is 24.3 Å². The van der Waals surface area contributed by atoms with Gasteiger partial charge in [0.15, 0.2) is 0 Å². The predicted molar refractivity (Wildman–Crippen MR) is 70.8 cm³/mol. The number of phenolic OH excluding ortho intramolecular Hbond substituents is 1. The van der Waals surface area contributed by atoms with E-state index in [-0.39, 0.29) is 29.3 Å². The number of nitrogens with one attached hydrogen (secondary N) is 1. The number of nitrogens with zero attached hydrogens (tertiary/aromatic N) is 2. The number of rotatable bonds is 2. The largest absolute Gasteiger partial charge is 0.508 e. The van der Waals surface area contributed by atoms with E-state index in [1.54, 1.807) is 4.90 Å². The fourth-order valence-corrected chi connectivity index (χ4v) is 4.03. The molecule has 2 amide bonds. The highest BCUT2D eigenvalue weighted by Crippen LogP contribution is 2.23. The monoisotopic (exact) mass is 297 g/mol. The molecule has 1 aromatic rings. The number of aromatic hydroxyl groups is 1. The van der Waals surface area contributed by atoms with Crippen molar-refractivity contribution in [3.05, 3.63) is 24.3 Å². The summed E-state index contributed by atoms with van der Waals surface area (Å²) in [6.07, 6.45) is 0. The highest BCUT2D eigenvalue weighted by molar-refractivity contribution is 7.89. The third-order valence-electron chi connectivity index (χ3n) is 3.67. The molecule has 8 heteroatoms. The van der Waals surface area contributed by atoms with Gasteiger partial charge in [0.1, 0.15) is 5.75 Å². The first-order chi connectivity index (χ1) is 9.48. The number of carbonyl (C=O) groups excluding carboxylic acids is 1. The number of hydrogen-bond donors (Lipinski definition) is 2. The standard InChI is InChI=1S/C12H15N3O4S/c16-10-1-3-11(4-2-10)20(18,19)14-5-6-15-9(8-14)7-13-12(15)17/h1-4,9,16H,5-8H2,(H,13,17). The zero-order chi connectivity index (χ0) is 14.3. The van der Waals surface area contributed by atoms with E-state index >= 15 is 0 Å². The van der Waals surface area contributed by atoms with Crippen LogP contribution in [0.1, 0.15) is 0 Å². The number of hydrogen-bond acceptors (Lipinski definition) is 4. The number of benzene rings is 1. The van der Waals surface area contributed by atoms with Crippen LogP contribution in [-0.2, 0) is 10.0 Å². The highest BCUT2D eigenvalue weighted by atomic mass is 32.2. The van der Waals surface area contributed by atoms with Gasteiger partial charge in [0.05, 0.1) is 10.9 Å². The maximum Gasteiger partial charge on any atom is 0.317 e. The molecule has 0 spiro atoms. The Morgan fingerprint density at radius 1 is 1.20 bits per heavy atom. The van der Waals surface area contributed by atoms with E-state index in [2.05, 4.69) is 5.32 Å². The fourth-order valence-electron chi connectivity index (χ4n) is 2.56. The van der Waals surface area contributed by atoms with Crippen LogP contribution in [0.4, 0.5) is 4.79 Å². The molecule has 2 aliphatic rings. The van der Waals surface area contributed by atoms with Crippen molar-refractivity contribution in [1.82, 2.24) is 14.5 Å². The Bertz CT molecular complexity index is 629. The van der Waals surface area contributed by atoms with Gasteiger partial charge >= 0.3 is 6.03 Å². The van der Waals surface area contributed by atoms with E-state index in [1.807, 2.05) is 0 Å². The van der Waals surface area contributed by atoms with Crippen molar-refractivity contribution < 1.29 is 18.3 Å². The molecule has 20 heavy (non-hydrogen) atoms. The lowest BCUT2D eigenvalue weighted by atomic mass is 10.2. The molecular formula is C12H15N3O4S. The normalized spacial score (nSPS) is 23.5. The zero-order valence-corrected chi connectivity index (χ0v) is 11.5. The molecule has 0 aromatic heterocycles. The van der Waals surface area contributed by atoms with Gasteiger partial charge in [-0.15, -0.1) is 0 Å². The summed E-state index contributed by atoms with van der Waals surface area (Å²) in [5, 5.41) is 11.9. The number of piperazine rings is 1. The molecule has 2 fully saturated rings. The zero-order valence-electron chi connectivity index (χ0n) is 10.7. The fraction of sp³-hybridized carbons (Fsp3) is 0.417. The van der Waals surface area contributed by atoms with E-state index in [9.17, 15) is 18.3 Å². The Morgan fingerprint density at radius 2 is 1.90 bits per heavy atom. The molecule has 108 valence electrons. The predicted octanol–water partition coefficient (Wildman–Crippen LogP) is -0.210. The lowest BCUT2D eigenvalue weighted by molar-refractivity contribution is 0.164. The van der Waals surface area contributed by atoms with E-state index in [0.717, 1.165) is 0 Å². The molecule has 1 unspecified atom stereocenters. The van der Waals surface area contributed by atoms with Crippen LogP contribution >= 0.6 is 0 Å². The number of phenols is 1. The Labute approximate surface area is 116 Å². The molecule has 0 radical (unpaired) electrons. The summed E-state index contributed by atoms with van der Waals surface area (Å²) in [5.74, 6) is 0.0272. The number of urea groups is 1. The lowest BCUT2D eigenvalue weighted by Gasteiger charge is -2.35. The van der Waals surface area contributed by atoms with Gasteiger partial charge in [-0.1, -0.05) is 0 Å². The smallest absolute Gasteiger partial charge is 0.317 e. The Morgan fingerprint density at radius 3 is 2.60 bits per heavy atom. The van der Waals surface area contributed by atoms with Crippen LogP contribution in [0, 0.1) is 0 Å². The van der Waals surface area contributed by atoms with E-state index < -0.39 is 10.0 Å². The van der Waals surface area contributed by atoms with Gasteiger partial charge in [0.25, 0.3) is 0 Å². The molecule has 0 bridgehead atoms. The van der Waals surface area contributed by atoms with Gasteiger partial charge in [-0.25, -0.2) is 13.2 Å². The molecule has 3 rings (SSSR count). The molecule has 0 aliphatic carbocycles. The molecule has 2 N–H and O–H groups in total. The van der Waals surface area contributed by atoms with Crippen molar-refractivity contribution in [2.45, 2.75) is 10.9 Å². The summed E-state index contributed by atoms with van der Waals surface area (Å²) in [6, 6.07) is 5.23. The second-order valence-corrected chi connectivity index (χ2v) is 6.83. The minimum atomic E-state index is -3.58. The topological polar surface area (TPSA) is 90.0 Å². The van der Waals surface area contributed by atoms with Crippen LogP contribution in [-0.4, -0.2) is 61.0 Å². The summed E-state index contributed by atoms with van der Waals surface area (Å²) in [5.41, 5.74) is 0. The summed E-state index contributed by atoms with van der Waals surface area (Å²) >= 11 is 0. The van der Waals surface area contributed by atoms with Crippen molar-refractivity contribution in [3.63, 3.8) is 0 Å². The maximum absolute atomic E-state index is 12.5. The minimum absolute atomic E-state index is 0.0272. The molecule has 1 aromatic carbocycles. The first-order valence-corrected chi connectivity index (χ1v) is 7.76. The molecule has 0 saturated carbocycles. The molecule has 2 heterocycles. The molecule has 1 atom stereocenters. The van der Waals surface area contributed by atoms with Crippen LogP contribution in [0.25, 0.3) is 0 Å². The first-order valence-electron chi connectivity index (χ1n) is 6.32. The summed E-state index contributed by atoms with van der Waals surface area (Å²) < 4.78 is 26.4.